The van der Waals surface area contributed by atoms with Crippen LogP contribution in [0.25, 0.3) is 0 Å². The molecule has 7 nitrogen and oxygen atoms in total. The van der Waals surface area contributed by atoms with Crippen LogP contribution in [0.5, 0.6) is 11.5 Å². The quantitative estimate of drug-likeness (QED) is 0.823. The van der Waals surface area contributed by atoms with Gasteiger partial charge in [-0.25, -0.2) is 4.79 Å². The molecule has 0 bridgehead atoms. The number of hydrogen-bond donors (Lipinski definition) is 2. The maximum atomic E-state index is 12.1. The van der Waals surface area contributed by atoms with Gasteiger partial charge in [0.05, 0.1) is 30.6 Å². The summed E-state index contributed by atoms with van der Waals surface area (Å²) in [5, 5.41) is 10.3. The number of nitrogens with one attached hydrogen (secondary N) is 2. The maximum Gasteiger partial charge on any atom is 0.319 e. The van der Waals surface area contributed by atoms with Crippen molar-refractivity contribution in [3.8, 4) is 11.5 Å². The van der Waals surface area contributed by atoms with Gasteiger partial charge in [0.25, 0.3) is 0 Å². The highest BCUT2D eigenvalue weighted by Crippen LogP contribution is 2.35. The lowest BCUT2D eigenvalue weighted by Crippen LogP contribution is -2.30. The Morgan fingerprint density at radius 3 is 2.48 bits per heavy atom. The molecule has 2 N–H and O–H groups in total. The van der Waals surface area contributed by atoms with Crippen molar-refractivity contribution in [2.75, 3.05) is 26.1 Å². The molecular formula is C17H23ClN4O3. The summed E-state index contributed by atoms with van der Waals surface area (Å²) in [5.41, 5.74) is 3.70. The second kappa shape index (κ2) is 8.11. The highest BCUT2D eigenvalue weighted by molar-refractivity contribution is 6.32. The van der Waals surface area contributed by atoms with Gasteiger partial charge in [-0.3, -0.25) is 4.68 Å². The van der Waals surface area contributed by atoms with E-state index < -0.39 is 0 Å². The van der Waals surface area contributed by atoms with Crippen molar-refractivity contribution in [2.24, 2.45) is 7.05 Å². The number of carbonyl (C=O) groups is 1. The first-order valence-corrected chi connectivity index (χ1v) is 8.20. The Morgan fingerprint density at radius 2 is 1.92 bits per heavy atom. The lowest BCUT2D eigenvalue weighted by atomic mass is 10.1. The average Bonchev–Trinajstić information content (AvgIpc) is 2.81. The number of amides is 2. The largest absolute Gasteiger partial charge is 0.495 e. The van der Waals surface area contributed by atoms with Crippen molar-refractivity contribution in [1.29, 1.82) is 0 Å². The molecule has 136 valence electrons. The van der Waals surface area contributed by atoms with Gasteiger partial charge in [-0.2, -0.15) is 5.10 Å². The summed E-state index contributed by atoms with van der Waals surface area (Å²) in [6.07, 6.45) is 0.708. The number of hydrogen-bond acceptors (Lipinski definition) is 4. The summed E-state index contributed by atoms with van der Waals surface area (Å²) in [6, 6.07) is 2.88. The van der Waals surface area contributed by atoms with Gasteiger partial charge in [-0.15, -0.1) is 0 Å². The van der Waals surface area contributed by atoms with Crippen molar-refractivity contribution in [3.63, 3.8) is 0 Å². The molecular weight excluding hydrogens is 344 g/mol. The molecule has 2 rings (SSSR count). The zero-order chi connectivity index (χ0) is 18.6. The van der Waals surface area contributed by atoms with Crippen LogP contribution >= 0.6 is 11.6 Å². The number of halogens is 1. The van der Waals surface area contributed by atoms with E-state index in [2.05, 4.69) is 15.7 Å². The highest BCUT2D eigenvalue weighted by Gasteiger charge is 2.13. The molecule has 0 spiro atoms. The van der Waals surface area contributed by atoms with Gasteiger partial charge >= 0.3 is 6.03 Å². The van der Waals surface area contributed by atoms with Gasteiger partial charge in [-0.1, -0.05) is 11.6 Å². The minimum Gasteiger partial charge on any atom is -0.495 e. The van der Waals surface area contributed by atoms with Crippen molar-refractivity contribution in [3.05, 3.63) is 34.1 Å². The fraction of sp³-hybridized carbons (Fsp3) is 0.412. The van der Waals surface area contributed by atoms with Crippen LogP contribution in [0.15, 0.2) is 12.1 Å². The van der Waals surface area contributed by atoms with Crippen LogP contribution in [0.3, 0.4) is 0 Å². The summed E-state index contributed by atoms with van der Waals surface area (Å²) >= 11 is 6.10. The Balaban J connectivity index is 1.97. The maximum absolute atomic E-state index is 12.1. The SMILES string of the molecule is COc1cc(OC)c(NC(=O)NCCc2c(C)nn(C)c2C)cc1Cl. The predicted molar refractivity (Wildman–Crippen MR) is 98.0 cm³/mol. The molecule has 0 radical (unpaired) electrons. The third-order valence-corrected chi connectivity index (χ3v) is 4.34. The highest BCUT2D eigenvalue weighted by atomic mass is 35.5. The van der Waals surface area contributed by atoms with E-state index in [4.69, 9.17) is 21.1 Å². The zero-order valence-corrected chi connectivity index (χ0v) is 15.8. The van der Waals surface area contributed by atoms with E-state index >= 15 is 0 Å². The van der Waals surface area contributed by atoms with E-state index in [0.29, 0.717) is 35.2 Å². The zero-order valence-electron chi connectivity index (χ0n) is 15.1. The summed E-state index contributed by atoms with van der Waals surface area (Å²) in [7, 11) is 4.94. The van der Waals surface area contributed by atoms with Gasteiger partial charge in [0.2, 0.25) is 0 Å². The van der Waals surface area contributed by atoms with E-state index in [9.17, 15) is 4.79 Å². The van der Waals surface area contributed by atoms with Gasteiger partial charge in [0.15, 0.2) is 0 Å². The van der Waals surface area contributed by atoms with E-state index in [1.807, 2.05) is 25.6 Å². The molecule has 8 heteroatoms. The number of urea groups is 1. The summed E-state index contributed by atoms with van der Waals surface area (Å²) < 4.78 is 12.2. The van der Waals surface area contributed by atoms with E-state index in [1.54, 1.807) is 12.1 Å². The Labute approximate surface area is 152 Å². The fourth-order valence-electron chi connectivity index (χ4n) is 2.60. The lowest BCUT2D eigenvalue weighted by molar-refractivity contribution is 0.252. The number of aromatic nitrogens is 2. The number of aryl methyl sites for hydroxylation is 2. The number of benzene rings is 1. The first-order valence-electron chi connectivity index (χ1n) is 7.82. The molecule has 0 saturated carbocycles. The standard InChI is InChI=1S/C17H23ClN4O3/c1-10-12(11(2)22(3)21-10)6-7-19-17(23)20-14-8-13(18)15(24-4)9-16(14)25-5/h8-9H,6-7H2,1-5H3,(H2,19,20,23). The van der Waals surface area contributed by atoms with Gasteiger partial charge in [0, 0.05) is 25.4 Å². The molecule has 0 aliphatic rings. The fourth-order valence-corrected chi connectivity index (χ4v) is 2.85. The summed E-state index contributed by atoms with van der Waals surface area (Å²) in [6.45, 7) is 4.47. The Kier molecular flexibility index (Phi) is 6.14. The van der Waals surface area contributed by atoms with Crippen molar-refractivity contribution < 1.29 is 14.3 Å². The molecule has 25 heavy (non-hydrogen) atoms. The van der Waals surface area contributed by atoms with Crippen LogP contribution in [0, 0.1) is 13.8 Å². The minimum absolute atomic E-state index is 0.335. The third-order valence-electron chi connectivity index (χ3n) is 4.04. The second-order valence-electron chi connectivity index (χ2n) is 5.59. The van der Waals surface area contributed by atoms with E-state index in [0.717, 1.165) is 17.0 Å². The first-order chi connectivity index (χ1) is 11.9. The van der Waals surface area contributed by atoms with Gasteiger partial charge in [0.1, 0.15) is 11.5 Å². The number of methoxy groups -OCH3 is 2. The average molecular weight is 367 g/mol. The first kappa shape index (κ1) is 18.9. The van der Waals surface area contributed by atoms with Crippen LogP contribution in [0.2, 0.25) is 5.02 Å². The molecule has 0 aliphatic heterocycles. The Morgan fingerprint density at radius 1 is 1.24 bits per heavy atom. The van der Waals surface area contributed by atoms with Crippen molar-refractivity contribution in [1.82, 2.24) is 15.1 Å². The molecule has 0 fully saturated rings. The third kappa shape index (κ3) is 4.36. The number of rotatable bonds is 6. The Bertz CT molecular complexity index is 774. The normalized spacial score (nSPS) is 10.5. The van der Waals surface area contributed by atoms with Crippen LogP contribution in [0.1, 0.15) is 17.0 Å². The number of carbonyl (C=O) groups excluding carboxylic acids is 1. The lowest BCUT2D eigenvalue weighted by Gasteiger charge is -2.13. The van der Waals surface area contributed by atoms with Crippen LogP contribution in [-0.2, 0) is 13.5 Å². The smallest absolute Gasteiger partial charge is 0.319 e. The summed E-state index contributed by atoms with van der Waals surface area (Å²) in [5.74, 6) is 0.947. The van der Waals surface area contributed by atoms with E-state index in [1.165, 1.54) is 14.2 Å². The molecule has 0 unspecified atom stereocenters. The minimum atomic E-state index is -0.335. The molecule has 1 aromatic carbocycles. The molecule has 1 heterocycles. The molecule has 0 atom stereocenters. The number of anilines is 1. The number of ether oxygens (including phenoxy) is 2. The summed E-state index contributed by atoms with van der Waals surface area (Å²) in [4.78, 5) is 12.1. The van der Waals surface area contributed by atoms with E-state index in [-0.39, 0.29) is 6.03 Å². The molecule has 2 amide bonds. The van der Waals surface area contributed by atoms with Crippen molar-refractivity contribution >= 4 is 23.3 Å². The van der Waals surface area contributed by atoms with Crippen LogP contribution in [0.4, 0.5) is 10.5 Å². The topological polar surface area (TPSA) is 77.4 Å². The molecule has 0 aliphatic carbocycles. The van der Waals surface area contributed by atoms with Crippen LogP contribution in [-0.4, -0.2) is 36.6 Å². The number of nitrogens with zero attached hydrogens (tertiary/aromatic N) is 2. The Hall–Kier alpha value is -2.41. The van der Waals surface area contributed by atoms with Crippen LogP contribution < -0.4 is 20.1 Å². The van der Waals surface area contributed by atoms with Gasteiger partial charge < -0.3 is 20.1 Å². The van der Waals surface area contributed by atoms with Crippen molar-refractivity contribution in [2.45, 2.75) is 20.3 Å². The molecule has 0 saturated heterocycles. The molecule has 2 aromatic rings. The predicted octanol–water partition coefficient (Wildman–Crippen LogP) is 3.07. The monoisotopic (exact) mass is 366 g/mol. The van der Waals surface area contributed by atoms with Gasteiger partial charge in [-0.05, 0) is 31.9 Å². The second-order valence-corrected chi connectivity index (χ2v) is 6.00. The molecule has 1 aromatic heterocycles.